The Bertz CT molecular complexity index is 599. The minimum atomic E-state index is -0.553. The molecule has 0 unspecified atom stereocenters. The van der Waals surface area contributed by atoms with Gasteiger partial charge in [0.25, 0.3) is 0 Å². The Morgan fingerprint density at radius 3 is 2.95 bits per heavy atom. The molecule has 0 aliphatic carbocycles. The molecule has 20 heavy (non-hydrogen) atoms. The van der Waals surface area contributed by atoms with Crippen molar-refractivity contribution in [2.45, 2.75) is 19.8 Å². The molecule has 0 fully saturated rings. The Balaban J connectivity index is 2.53. The van der Waals surface area contributed by atoms with Gasteiger partial charge in [-0.15, -0.1) is 0 Å². The number of esters is 1. The third-order valence-electron chi connectivity index (χ3n) is 3.18. The predicted octanol–water partition coefficient (Wildman–Crippen LogP) is 2.74. The van der Waals surface area contributed by atoms with E-state index in [0.29, 0.717) is 22.9 Å². The van der Waals surface area contributed by atoms with Crippen LogP contribution in [0.25, 0.3) is 0 Å². The number of thiophene rings is 1. The van der Waals surface area contributed by atoms with Gasteiger partial charge in [-0.1, -0.05) is 12.2 Å². The van der Waals surface area contributed by atoms with Crippen LogP contribution in [0, 0.1) is 17.2 Å². The Labute approximate surface area is 127 Å². The Morgan fingerprint density at radius 2 is 2.40 bits per heavy atom. The third kappa shape index (κ3) is 2.60. The molecule has 6 heteroatoms. The van der Waals surface area contributed by atoms with Crippen LogP contribution in [-0.4, -0.2) is 17.6 Å². The molecule has 2 heterocycles. The predicted molar refractivity (Wildman–Crippen MR) is 81.2 cm³/mol. The largest absolute Gasteiger partial charge is 0.463 e. The Kier molecular flexibility index (Phi) is 4.53. The van der Waals surface area contributed by atoms with Gasteiger partial charge in [0.05, 0.1) is 23.2 Å². The second-order valence-corrected chi connectivity index (χ2v) is 5.61. The number of carbonyl (C=O) groups excluding carboxylic acids is 1. The highest BCUT2D eigenvalue weighted by Gasteiger charge is 2.39. The quantitative estimate of drug-likeness (QED) is 0.687. The molecule has 0 amide bonds. The number of nitriles is 1. The molecule has 1 aromatic heterocycles. The van der Waals surface area contributed by atoms with E-state index in [1.807, 2.05) is 16.8 Å². The van der Waals surface area contributed by atoms with Crippen LogP contribution in [-0.2, 0) is 9.53 Å². The van der Waals surface area contributed by atoms with Crippen LogP contribution in [0.5, 0.6) is 0 Å². The number of hydrogen-bond acceptors (Lipinski definition) is 5. The van der Waals surface area contributed by atoms with Crippen LogP contribution < -0.4 is 5.32 Å². The fourth-order valence-corrected chi connectivity index (χ4v) is 3.35. The van der Waals surface area contributed by atoms with Gasteiger partial charge in [0.2, 0.25) is 0 Å². The fourth-order valence-electron chi connectivity index (χ4n) is 2.31. The lowest BCUT2D eigenvalue weighted by Crippen LogP contribution is -2.40. The molecule has 104 valence electrons. The van der Waals surface area contributed by atoms with Gasteiger partial charge in [-0.2, -0.15) is 16.6 Å². The zero-order chi connectivity index (χ0) is 14.7. The van der Waals surface area contributed by atoms with Crippen molar-refractivity contribution in [3.05, 3.63) is 33.7 Å². The highest BCUT2D eigenvalue weighted by atomic mass is 32.1. The third-order valence-corrected chi connectivity index (χ3v) is 4.24. The molecular formula is C14H14N2O2S2. The summed E-state index contributed by atoms with van der Waals surface area (Å²) in [4.78, 5) is 12.7. The first-order valence-electron chi connectivity index (χ1n) is 6.20. The van der Waals surface area contributed by atoms with E-state index >= 15 is 0 Å². The minimum Gasteiger partial charge on any atom is -0.463 e. The molecule has 1 aliphatic heterocycles. The SMILES string of the molecule is CCOC(=O)C1=C(C)NC(=S)[C@H](C#N)[C@H]1c1ccsc1. The summed E-state index contributed by atoms with van der Waals surface area (Å²) < 4.78 is 5.12. The summed E-state index contributed by atoms with van der Waals surface area (Å²) in [6.45, 7) is 3.84. The van der Waals surface area contributed by atoms with E-state index in [2.05, 4.69) is 11.4 Å². The number of thiocarbonyl (C=S) groups is 1. The van der Waals surface area contributed by atoms with E-state index in [-0.39, 0.29) is 5.92 Å². The number of nitrogens with zero attached hydrogens (tertiary/aromatic N) is 1. The van der Waals surface area contributed by atoms with Crippen LogP contribution in [0.2, 0.25) is 0 Å². The summed E-state index contributed by atoms with van der Waals surface area (Å²) in [6.07, 6.45) is 0. The molecule has 0 aromatic carbocycles. The summed E-state index contributed by atoms with van der Waals surface area (Å²) in [5.74, 6) is -1.31. The van der Waals surface area contributed by atoms with Crippen LogP contribution >= 0.6 is 23.6 Å². The van der Waals surface area contributed by atoms with Gasteiger partial charge in [0, 0.05) is 11.6 Å². The zero-order valence-corrected chi connectivity index (χ0v) is 12.8. The van der Waals surface area contributed by atoms with E-state index in [1.165, 1.54) is 11.3 Å². The lowest BCUT2D eigenvalue weighted by atomic mass is 9.79. The van der Waals surface area contributed by atoms with Crippen LogP contribution in [0.4, 0.5) is 0 Å². The Morgan fingerprint density at radius 1 is 1.65 bits per heavy atom. The molecule has 4 nitrogen and oxygen atoms in total. The maximum Gasteiger partial charge on any atom is 0.336 e. The van der Waals surface area contributed by atoms with Crippen molar-refractivity contribution in [3.8, 4) is 6.07 Å². The lowest BCUT2D eigenvalue weighted by Gasteiger charge is -2.31. The Hall–Kier alpha value is -1.71. The van der Waals surface area contributed by atoms with E-state index in [4.69, 9.17) is 17.0 Å². The van der Waals surface area contributed by atoms with E-state index in [9.17, 15) is 10.1 Å². The normalized spacial score (nSPS) is 22.1. The zero-order valence-electron chi connectivity index (χ0n) is 11.2. The van der Waals surface area contributed by atoms with E-state index in [0.717, 1.165) is 5.56 Å². The van der Waals surface area contributed by atoms with Gasteiger partial charge in [-0.05, 0) is 36.2 Å². The van der Waals surface area contributed by atoms with Crippen molar-refractivity contribution in [1.29, 1.82) is 5.26 Å². The van der Waals surface area contributed by atoms with Crippen molar-refractivity contribution in [2.75, 3.05) is 6.61 Å². The summed E-state index contributed by atoms with van der Waals surface area (Å²) >= 11 is 6.77. The molecule has 1 aromatic rings. The minimum absolute atomic E-state index is 0.299. The van der Waals surface area contributed by atoms with Crippen LogP contribution in [0.3, 0.4) is 0 Å². The monoisotopic (exact) mass is 306 g/mol. The maximum atomic E-state index is 12.2. The van der Waals surface area contributed by atoms with Gasteiger partial charge in [-0.3, -0.25) is 0 Å². The number of hydrogen-bond donors (Lipinski definition) is 1. The molecule has 2 rings (SSSR count). The fraction of sp³-hybridized carbons (Fsp3) is 0.357. The molecule has 0 saturated heterocycles. The summed E-state index contributed by atoms with van der Waals surface area (Å²) in [5.41, 5.74) is 2.08. The average molecular weight is 306 g/mol. The molecule has 0 saturated carbocycles. The van der Waals surface area contributed by atoms with Crippen LogP contribution in [0.1, 0.15) is 25.3 Å². The number of allylic oxidation sites excluding steroid dienone is 1. The maximum absolute atomic E-state index is 12.2. The van der Waals surface area contributed by atoms with Crippen LogP contribution in [0.15, 0.2) is 28.1 Å². The first-order chi connectivity index (χ1) is 9.60. The number of rotatable bonds is 3. The smallest absolute Gasteiger partial charge is 0.336 e. The lowest BCUT2D eigenvalue weighted by molar-refractivity contribution is -0.139. The second kappa shape index (κ2) is 6.16. The van der Waals surface area contributed by atoms with Crippen molar-refractivity contribution in [1.82, 2.24) is 5.32 Å². The van der Waals surface area contributed by atoms with Gasteiger partial charge in [-0.25, -0.2) is 4.79 Å². The van der Waals surface area contributed by atoms with E-state index < -0.39 is 11.9 Å². The highest BCUT2D eigenvalue weighted by molar-refractivity contribution is 7.80. The molecule has 0 bridgehead atoms. The summed E-state index contributed by atoms with van der Waals surface area (Å²) in [5, 5.41) is 16.2. The molecule has 0 spiro atoms. The van der Waals surface area contributed by atoms with Gasteiger partial charge < -0.3 is 10.1 Å². The average Bonchev–Trinajstić information content (AvgIpc) is 2.91. The first-order valence-corrected chi connectivity index (χ1v) is 7.55. The van der Waals surface area contributed by atoms with Crippen molar-refractivity contribution in [3.63, 3.8) is 0 Å². The van der Waals surface area contributed by atoms with E-state index in [1.54, 1.807) is 13.8 Å². The standard InChI is InChI=1S/C14H14N2O2S2/c1-3-18-14(17)11-8(2)16-13(19)10(6-15)12(11)9-4-5-20-7-9/h4-5,7,10,12H,3H2,1-2H3,(H,16,19)/t10-,12-/m1/s1. The summed E-state index contributed by atoms with van der Waals surface area (Å²) in [7, 11) is 0. The molecule has 1 N–H and O–H groups in total. The molecule has 0 radical (unpaired) electrons. The second-order valence-electron chi connectivity index (χ2n) is 4.39. The molecule has 1 aliphatic rings. The van der Waals surface area contributed by atoms with Gasteiger partial charge >= 0.3 is 5.97 Å². The topological polar surface area (TPSA) is 62.1 Å². The number of carbonyl (C=O) groups is 1. The highest BCUT2D eigenvalue weighted by Crippen LogP contribution is 2.38. The van der Waals surface area contributed by atoms with Crippen molar-refractivity contribution >= 4 is 34.5 Å². The number of nitrogens with one attached hydrogen (secondary N) is 1. The molecule has 2 atom stereocenters. The first kappa shape index (κ1) is 14.7. The molecular weight excluding hydrogens is 292 g/mol. The van der Waals surface area contributed by atoms with Gasteiger partial charge in [0.1, 0.15) is 5.92 Å². The van der Waals surface area contributed by atoms with Crippen molar-refractivity contribution < 1.29 is 9.53 Å². The van der Waals surface area contributed by atoms with Crippen molar-refractivity contribution in [2.24, 2.45) is 5.92 Å². The van der Waals surface area contributed by atoms with Gasteiger partial charge in [0.15, 0.2) is 0 Å². The summed E-state index contributed by atoms with van der Waals surface area (Å²) in [6, 6.07) is 4.12. The number of ether oxygens (including phenoxy) is 1.